The third-order valence-electron chi connectivity index (χ3n) is 13.0. The molecule has 0 aliphatic heterocycles. The number of carbonyl (C=O) groups excluding carboxylic acids is 3. The molecule has 0 heterocycles. The van der Waals surface area contributed by atoms with Gasteiger partial charge in [0.2, 0.25) is 0 Å². The van der Waals surface area contributed by atoms with Crippen molar-refractivity contribution in [1.82, 2.24) is 0 Å². The van der Waals surface area contributed by atoms with Crippen molar-refractivity contribution in [2.45, 2.75) is 284 Å². The maximum atomic E-state index is 12.9. The zero-order valence-electron chi connectivity index (χ0n) is 48.8. The fourth-order valence-electron chi connectivity index (χ4n) is 8.38. The molecule has 0 radical (unpaired) electrons. The van der Waals surface area contributed by atoms with Crippen LogP contribution in [0.2, 0.25) is 0 Å². The Bertz CT molecular complexity index is 1570. The average molecular weight is 1040 g/mol. The smallest absolute Gasteiger partial charge is 0.306 e. The molecule has 0 aromatic carbocycles. The minimum absolute atomic E-state index is 0.0842. The summed E-state index contributed by atoms with van der Waals surface area (Å²) in [4.78, 5) is 38.1. The first-order valence-electron chi connectivity index (χ1n) is 31.0. The van der Waals surface area contributed by atoms with Crippen molar-refractivity contribution < 1.29 is 28.6 Å². The monoisotopic (exact) mass is 1040 g/mol. The van der Waals surface area contributed by atoms with Gasteiger partial charge in [0.1, 0.15) is 13.2 Å². The van der Waals surface area contributed by atoms with Crippen LogP contribution in [0.4, 0.5) is 0 Å². The van der Waals surface area contributed by atoms with Crippen LogP contribution in [-0.4, -0.2) is 37.2 Å². The molecule has 6 heteroatoms. The van der Waals surface area contributed by atoms with Crippen LogP contribution in [0.1, 0.15) is 278 Å². The van der Waals surface area contributed by atoms with Gasteiger partial charge in [-0.2, -0.15) is 0 Å². The van der Waals surface area contributed by atoms with E-state index in [1.807, 2.05) is 0 Å². The van der Waals surface area contributed by atoms with E-state index in [-0.39, 0.29) is 31.1 Å². The molecule has 1 unspecified atom stereocenters. The molecule has 75 heavy (non-hydrogen) atoms. The zero-order valence-corrected chi connectivity index (χ0v) is 48.8. The fourth-order valence-corrected chi connectivity index (χ4v) is 8.38. The number of unbranched alkanes of at least 4 members (excludes halogenated alkanes) is 24. The van der Waals surface area contributed by atoms with Crippen LogP contribution < -0.4 is 0 Å². The molecular weight excluding hydrogens is 925 g/mol. The minimum atomic E-state index is -0.786. The first-order valence-corrected chi connectivity index (χ1v) is 31.0. The fraction of sp³-hybridized carbons (Fsp3) is 0.667. The van der Waals surface area contributed by atoms with Gasteiger partial charge in [0.25, 0.3) is 0 Å². The number of hydrogen-bond acceptors (Lipinski definition) is 6. The van der Waals surface area contributed by atoms with Crippen LogP contribution in [0, 0.1) is 0 Å². The van der Waals surface area contributed by atoms with E-state index in [1.165, 1.54) is 109 Å². The number of esters is 3. The second-order valence-corrected chi connectivity index (χ2v) is 20.2. The highest BCUT2D eigenvalue weighted by Gasteiger charge is 2.19. The molecule has 0 amide bonds. The maximum absolute atomic E-state index is 12.9. The summed E-state index contributed by atoms with van der Waals surface area (Å²) < 4.78 is 16.8. The van der Waals surface area contributed by atoms with Gasteiger partial charge in [-0.3, -0.25) is 14.4 Å². The molecule has 0 aliphatic rings. The molecule has 0 saturated carbocycles. The Kier molecular flexibility index (Phi) is 58.9. The molecular formula is C69H114O6. The zero-order chi connectivity index (χ0) is 54.3. The Labute approximate surface area is 462 Å². The van der Waals surface area contributed by atoms with Gasteiger partial charge < -0.3 is 14.2 Å². The molecule has 0 aromatic rings. The van der Waals surface area contributed by atoms with Gasteiger partial charge in [-0.15, -0.1) is 0 Å². The molecule has 0 N–H and O–H groups in total. The molecule has 6 nitrogen and oxygen atoms in total. The Morgan fingerprint density at radius 1 is 0.280 bits per heavy atom. The lowest BCUT2D eigenvalue weighted by Gasteiger charge is -2.18. The lowest BCUT2D eigenvalue weighted by molar-refractivity contribution is -0.167. The van der Waals surface area contributed by atoms with E-state index < -0.39 is 6.10 Å². The largest absolute Gasteiger partial charge is 0.462 e. The van der Waals surface area contributed by atoms with E-state index in [0.717, 1.165) is 128 Å². The van der Waals surface area contributed by atoms with Gasteiger partial charge in [-0.1, -0.05) is 271 Å². The highest BCUT2D eigenvalue weighted by Crippen LogP contribution is 2.15. The normalized spacial score (nSPS) is 12.9. The third kappa shape index (κ3) is 60.6. The van der Waals surface area contributed by atoms with Crippen molar-refractivity contribution in [3.63, 3.8) is 0 Å². The second kappa shape index (κ2) is 62.4. The van der Waals surface area contributed by atoms with Crippen molar-refractivity contribution in [2.75, 3.05) is 13.2 Å². The van der Waals surface area contributed by atoms with E-state index in [1.54, 1.807) is 0 Å². The quantitative estimate of drug-likeness (QED) is 0.0261. The Balaban J connectivity index is 4.19. The van der Waals surface area contributed by atoms with Gasteiger partial charge in [0, 0.05) is 19.3 Å². The predicted octanol–water partition coefficient (Wildman–Crippen LogP) is 21.2. The summed E-state index contributed by atoms with van der Waals surface area (Å²) in [5.41, 5.74) is 0. The summed E-state index contributed by atoms with van der Waals surface area (Å²) in [5, 5.41) is 0. The van der Waals surface area contributed by atoms with Crippen LogP contribution in [0.25, 0.3) is 0 Å². The van der Waals surface area contributed by atoms with Gasteiger partial charge >= 0.3 is 17.9 Å². The molecule has 0 saturated heterocycles. The van der Waals surface area contributed by atoms with Crippen LogP contribution in [0.15, 0.2) is 122 Å². The molecule has 0 bridgehead atoms. The van der Waals surface area contributed by atoms with Gasteiger partial charge in [0.05, 0.1) is 0 Å². The van der Waals surface area contributed by atoms with E-state index in [2.05, 4.69) is 142 Å². The predicted molar refractivity (Wildman–Crippen MR) is 325 cm³/mol. The van der Waals surface area contributed by atoms with Crippen molar-refractivity contribution in [1.29, 1.82) is 0 Å². The number of allylic oxidation sites excluding steroid dienone is 20. The summed E-state index contributed by atoms with van der Waals surface area (Å²) in [5.74, 6) is -0.903. The molecule has 0 rings (SSSR count). The summed E-state index contributed by atoms with van der Waals surface area (Å²) in [6, 6.07) is 0. The first kappa shape index (κ1) is 70.8. The summed E-state index contributed by atoms with van der Waals surface area (Å²) >= 11 is 0. The number of carbonyl (C=O) groups is 3. The van der Waals surface area contributed by atoms with Crippen LogP contribution >= 0.6 is 0 Å². The Hall–Kier alpha value is -4.19. The first-order chi connectivity index (χ1) is 37.0. The number of hydrogen-bond donors (Lipinski definition) is 0. The number of ether oxygens (including phenoxy) is 3. The maximum Gasteiger partial charge on any atom is 0.306 e. The van der Waals surface area contributed by atoms with Gasteiger partial charge in [-0.25, -0.2) is 0 Å². The van der Waals surface area contributed by atoms with Crippen LogP contribution in [0.3, 0.4) is 0 Å². The molecule has 1 atom stereocenters. The van der Waals surface area contributed by atoms with Crippen molar-refractivity contribution in [3.8, 4) is 0 Å². The molecule has 0 aliphatic carbocycles. The third-order valence-corrected chi connectivity index (χ3v) is 13.0. The van der Waals surface area contributed by atoms with E-state index in [0.29, 0.717) is 19.3 Å². The van der Waals surface area contributed by atoms with Crippen molar-refractivity contribution in [3.05, 3.63) is 122 Å². The second-order valence-electron chi connectivity index (χ2n) is 20.2. The SMILES string of the molecule is CC/C=C\C/C=C\C/C=C\C/C=C\C/C=C\CCCCCCCCCCCCCC(=O)OCC(COC(=O)CCCCCCCCC)OC(=O)CCCCCCCCC/C=C\C/C=C\C/C=C\C/C=C\C/C=C\CC. The molecule has 0 aromatic heterocycles. The van der Waals surface area contributed by atoms with Gasteiger partial charge in [0.15, 0.2) is 6.10 Å². The topological polar surface area (TPSA) is 78.9 Å². The Morgan fingerprint density at radius 3 is 0.813 bits per heavy atom. The van der Waals surface area contributed by atoms with Crippen molar-refractivity contribution in [2.24, 2.45) is 0 Å². The minimum Gasteiger partial charge on any atom is -0.462 e. The molecule has 0 spiro atoms. The highest BCUT2D eigenvalue weighted by molar-refractivity contribution is 5.71. The summed E-state index contributed by atoms with van der Waals surface area (Å²) in [7, 11) is 0. The lowest BCUT2D eigenvalue weighted by Crippen LogP contribution is -2.30. The van der Waals surface area contributed by atoms with E-state index >= 15 is 0 Å². The molecule has 426 valence electrons. The van der Waals surface area contributed by atoms with E-state index in [9.17, 15) is 14.4 Å². The number of rotatable bonds is 55. The highest BCUT2D eigenvalue weighted by atomic mass is 16.6. The summed E-state index contributed by atoms with van der Waals surface area (Å²) in [6.45, 7) is 6.37. The average Bonchev–Trinajstić information content (AvgIpc) is 3.41. The van der Waals surface area contributed by atoms with Crippen LogP contribution in [0.5, 0.6) is 0 Å². The lowest BCUT2D eigenvalue weighted by atomic mass is 10.0. The summed E-state index contributed by atoms with van der Waals surface area (Å²) in [6.07, 6.45) is 86.5. The van der Waals surface area contributed by atoms with Gasteiger partial charge in [-0.05, 0) is 109 Å². The van der Waals surface area contributed by atoms with Crippen LogP contribution in [-0.2, 0) is 28.6 Å². The van der Waals surface area contributed by atoms with Crippen molar-refractivity contribution >= 4 is 17.9 Å². The molecule has 0 fully saturated rings. The standard InChI is InChI=1S/C69H114O6/c1-4-7-10-13-16-18-20-22-24-26-28-30-32-33-34-35-37-38-40-42-44-46-48-50-53-56-59-62-68(71)74-65-66(64-73-67(70)61-58-55-52-15-12-9-6-3)75-69(72)63-60-57-54-51-49-47-45-43-41-39-36-31-29-27-25-23-21-19-17-14-11-8-5-2/h7-8,10-11,16-19,22-25,28-31,33-34,39,41,66H,4-6,9,12-15,20-21,26-27,32,35-38,40,42-65H2,1-3H3/b10-7-,11-8-,18-16-,19-17-,24-22-,25-23-,30-28-,31-29-,34-33-,41-39-. The van der Waals surface area contributed by atoms with E-state index in [4.69, 9.17) is 14.2 Å². The Morgan fingerprint density at radius 2 is 0.520 bits per heavy atom.